The van der Waals surface area contributed by atoms with Crippen LogP contribution in [0.2, 0.25) is 0 Å². The number of carbonyl (C=O) groups excluding carboxylic acids is 1. The third-order valence-electron chi connectivity index (χ3n) is 5.24. The van der Waals surface area contributed by atoms with E-state index in [0.29, 0.717) is 6.42 Å². The van der Waals surface area contributed by atoms with Crippen molar-refractivity contribution in [3.8, 4) is 0 Å². The van der Waals surface area contributed by atoms with Crippen LogP contribution in [0.5, 0.6) is 0 Å². The number of unbranched alkanes of at least 4 members (excludes halogenated alkanes) is 12. The van der Waals surface area contributed by atoms with Crippen molar-refractivity contribution in [2.24, 2.45) is 0 Å². The Hall–Kier alpha value is -0.570. The van der Waals surface area contributed by atoms with Gasteiger partial charge in [-0.25, -0.2) is 0 Å². The normalized spacial score (nSPS) is 13.5. The van der Waals surface area contributed by atoms with Gasteiger partial charge < -0.3 is 5.32 Å². The minimum atomic E-state index is -0.239. The zero-order valence-electron chi connectivity index (χ0n) is 18.4. The fraction of sp³-hybridized carbons (Fsp3) is 0.957. The molecule has 26 heavy (non-hydrogen) atoms. The molecule has 0 aromatic carbocycles. The standard InChI is InChI=1S/C23H48N2O/c1-5-8-9-10-11-12-13-14-15-16-17-18-19-20-22(26)25-23(4,21-6-2)24-7-3/h24H,5-21H2,1-4H3,(H,25,26). The summed E-state index contributed by atoms with van der Waals surface area (Å²) < 4.78 is 0. The monoisotopic (exact) mass is 368 g/mol. The highest BCUT2D eigenvalue weighted by Crippen LogP contribution is 2.13. The molecule has 1 unspecified atom stereocenters. The predicted molar refractivity (Wildman–Crippen MR) is 115 cm³/mol. The summed E-state index contributed by atoms with van der Waals surface area (Å²) in [6.07, 6.45) is 20.2. The number of hydrogen-bond donors (Lipinski definition) is 2. The van der Waals surface area contributed by atoms with Crippen LogP contribution in [0.25, 0.3) is 0 Å². The summed E-state index contributed by atoms with van der Waals surface area (Å²) in [5, 5.41) is 6.60. The molecule has 0 saturated carbocycles. The molecular weight excluding hydrogens is 320 g/mol. The van der Waals surface area contributed by atoms with Crippen LogP contribution >= 0.6 is 0 Å². The van der Waals surface area contributed by atoms with E-state index < -0.39 is 0 Å². The first-order chi connectivity index (χ1) is 12.6. The lowest BCUT2D eigenvalue weighted by molar-refractivity contribution is -0.123. The topological polar surface area (TPSA) is 41.1 Å². The van der Waals surface area contributed by atoms with Crippen LogP contribution in [-0.2, 0) is 4.79 Å². The van der Waals surface area contributed by atoms with Crippen molar-refractivity contribution in [3.63, 3.8) is 0 Å². The van der Waals surface area contributed by atoms with Gasteiger partial charge in [-0.05, 0) is 26.3 Å². The first-order valence-electron chi connectivity index (χ1n) is 11.6. The molecular formula is C23H48N2O. The fourth-order valence-electron chi connectivity index (χ4n) is 3.76. The van der Waals surface area contributed by atoms with Crippen molar-refractivity contribution in [2.75, 3.05) is 6.54 Å². The molecule has 0 radical (unpaired) electrons. The van der Waals surface area contributed by atoms with Crippen LogP contribution in [0.3, 0.4) is 0 Å². The van der Waals surface area contributed by atoms with Gasteiger partial charge in [-0.3, -0.25) is 10.1 Å². The first kappa shape index (κ1) is 25.4. The minimum Gasteiger partial charge on any atom is -0.338 e. The predicted octanol–water partition coefficient (Wildman–Crippen LogP) is 6.71. The summed E-state index contributed by atoms with van der Waals surface area (Å²) in [6, 6.07) is 0. The van der Waals surface area contributed by atoms with Crippen LogP contribution in [0, 0.1) is 0 Å². The Morgan fingerprint density at radius 2 is 1.15 bits per heavy atom. The molecule has 156 valence electrons. The molecule has 0 heterocycles. The van der Waals surface area contributed by atoms with Gasteiger partial charge in [0.15, 0.2) is 0 Å². The zero-order valence-corrected chi connectivity index (χ0v) is 18.4. The Morgan fingerprint density at radius 1 is 0.692 bits per heavy atom. The maximum atomic E-state index is 12.2. The maximum absolute atomic E-state index is 12.2. The third-order valence-corrected chi connectivity index (χ3v) is 5.24. The highest BCUT2D eigenvalue weighted by molar-refractivity contribution is 5.76. The molecule has 0 aliphatic rings. The quantitative estimate of drug-likeness (QED) is 0.196. The summed E-state index contributed by atoms with van der Waals surface area (Å²) in [5.41, 5.74) is -0.239. The van der Waals surface area contributed by atoms with Gasteiger partial charge in [-0.2, -0.15) is 0 Å². The largest absolute Gasteiger partial charge is 0.338 e. The van der Waals surface area contributed by atoms with Crippen molar-refractivity contribution >= 4 is 5.91 Å². The number of rotatable bonds is 19. The Balaban J connectivity index is 3.47. The lowest BCUT2D eigenvalue weighted by Gasteiger charge is -2.31. The van der Waals surface area contributed by atoms with E-state index in [9.17, 15) is 4.79 Å². The van der Waals surface area contributed by atoms with Crippen LogP contribution in [-0.4, -0.2) is 18.1 Å². The molecule has 0 saturated heterocycles. The van der Waals surface area contributed by atoms with E-state index in [1.807, 2.05) is 0 Å². The van der Waals surface area contributed by atoms with Crippen molar-refractivity contribution in [1.82, 2.24) is 10.6 Å². The number of nitrogens with one attached hydrogen (secondary N) is 2. The van der Waals surface area contributed by atoms with Gasteiger partial charge in [0.1, 0.15) is 0 Å². The summed E-state index contributed by atoms with van der Waals surface area (Å²) >= 11 is 0. The number of carbonyl (C=O) groups is 1. The average Bonchev–Trinajstić information content (AvgIpc) is 2.59. The lowest BCUT2D eigenvalue weighted by Crippen LogP contribution is -2.56. The molecule has 0 aliphatic carbocycles. The first-order valence-corrected chi connectivity index (χ1v) is 11.6. The second-order valence-corrected chi connectivity index (χ2v) is 8.15. The van der Waals surface area contributed by atoms with Crippen LogP contribution in [0.4, 0.5) is 0 Å². The summed E-state index contributed by atoms with van der Waals surface area (Å²) in [6.45, 7) is 9.51. The second-order valence-electron chi connectivity index (χ2n) is 8.15. The van der Waals surface area contributed by atoms with Crippen LogP contribution in [0.1, 0.15) is 130 Å². The Bertz CT molecular complexity index is 311. The Morgan fingerprint density at radius 3 is 1.58 bits per heavy atom. The third kappa shape index (κ3) is 15.7. The van der Waals surface area contributed by atoms with Crippen molar-refractivity contribution in [3.05, 3.63) is 0 Å². The molecule has 0 aromatic rings. The smallest absolute Gasteiger partial charge is 0.221 e. The molecule has 0 aromatic heterocycles. The summed E-state index contributed by atoms with van der Waals surface area (Å²) in [5.74, 6) is 0.199. The van der Waals surface area contributed by atoms with Crippen molar-refractivity contribution in [2.45, 2.75) is 136 Å². The van der Waals surface area contributed by atoms with E-state index in [-0.39, 0.29) is 11.6 Å². The van der Waals surface area contributed by atoms with Gasteiger partial charge in [0.05, 0.1) is 5.66 Å². The number of hydrogen-bond acceptors (Lipinski definition) is 2. The van der Waals surface area contributed by atoms with Gasteiger partial charge in [0.2, 0.25) is 5.91 Å². The number of amides is 1. The average molecular weight is 369 g/mol. The van der Waals surface area contributed by atoms with Crippen molar-refractivity contribution < 1.29 is 4.79 Å². The summed E-state index contributed by atoms with van der Waals surface area (Å²) in [4.78, 5) is 12.2. The molecule has 0 rings (SSSR count). The fourth-order valence-corrected chi connectivity index (χ4v) is 3.76. The lowest BCUT2D eigenvalue weighted by atomic mass is 10.0. The molecule has 3 heteroatoms. The van der Waals surface area contributed by atoms with Crippen molar-refractivity contribution in [1.29, 1.82) is 0 Å². The minimum absolute atomic E-state index is 0.199. The van der Waals surface area contributed by atoms with Gasteiger partial charge in [-0.15, -0.1) is 0 Å². The molecule has 0 bridgehead atoms. The van der Waals surface area contributed by atoms with Gasteiger partial charge in [-0.1, -0.05) is 104 Å². The van der Waals surface area contributed by atoms with Crippen LogP contribution < -0.4 is 10.6 Å². The van der Waals surface area contributed by atoms with E-state index >= 15 is 0 Å². The second kappa shape index (κ2) is 17.8. The molecule has 0 spiro atoms. The zero-order chi connectivity index (χ0) is 19.5. The van der Waals surface area contributed by atoms with Gasteiger partial charge >= 0.3 is 0 Å². The van der Waals surface area contributed by atoms with E-state index in [1.54, 1.807) is 0 Å². The molecule has 3 nitrogen and oxygen atoms in total. The van der Waals surface area contributed by atoms with E-state index in [4.69, 9.17) is 0 Å². The van der Waals surface area contributed by atoms with Gasteiger partial charge in [0.25, 0.3) is 0 Å². The maximum Gasteiger partial charge on any atom is 0.221 e. The Labute approximate surface area is 164 Å². The molecule has 1 atom stereocenters. The molecule has 2 N–H and O–H groups in total. The molecule has 0 aliphatic heterocycles. The molecule has 1 amide bonds. The Kier molecular flexibility index (Phi) is 17.4. The van der Waals surface area contributed by atoms with E-state index in [2.05, 4.69) is 38.3 Å². The van der Waals surface area contributed by atoms with Gasteiger partial charge in [0, 0.05) is 6.42 Å². The van der Waals surface area contributed by atoms with Crippen LogP contribution in [0.15, 0.2) is 0 Å². The van der Waals surface area contributed by atoms with E-state index in [1.165, 1.54) is 77.0 Å². The molecule has 0 fully saturated rings. The SMILES string of the molecule is CCCCCCCCCCCCCCCC(=O)NC(C)(CCC)NCC. The highest BCUT2D eigenvalue weighted by atomic mass is 16.1. The summed E-state index contributed by atoms with van der Waals surface area (Å²) in [7, 11) is 0. The van der Waals surface area contributed by atoms with E-state index in [0.717, 1.165) is 25.8 Å². The highest BCUT2D eigenvalue weighted by Gasteiger charge is 2.23.